The van der Waals surface area contributed by atoms with Gasteiger partial charge in [0.25, 0.3) is 5.91 Å². The molecule has 1 saturated carbocycles. The second-order valence-electron chi connectivity index (χ2n) is 6.18. The van der Waals surface area contributed by atoms with Gasteiger partial charge in [0.2, 0.25) is 0 Å². The summed E-state index contributed by atoms with van der Waals surface area (Å²) in [6.07, 6.45) is 2.34. The highest BCUT2D eigenvalue weighted by Crippen LogP contribution is 2.38. The molecule has 1 aliphatic carbocycles. The molecule has 2 aromatic carbocycles. The number of aromatic amines is 1. The number of amides is 1. The lowest BCUT2D eigenvalue weighted by atomic mass is 10.0. The van der Waals surface area contributed by atoms with Gasteiger partial charge in [0.15, 0.2) is 5.69 Å². The summed E-state index contributed by atoms with van der Waals surface area (Å²) >= 11 is 0. The SMILES string of the molecule is CC(=NNC(=O)c1cc(C2CC2)[nH]n1)c1ccc2ccccc2c1. The van der Waals surface area contributed by atoms with E-state index in [0.29, 0.717) is 11.6 Å². The molecule has 0 saturated heterocycles. The molecule has 0 aliphatic heterocycles. The third kappa shape index (κ3) is 2.93. The van der Waals surface area contributed by atoms with Crippen molar-refractivity contribution in [2.75, 3.05) is 0 Å². The number of carbonyl (C=O) groups excluding carboxylic acids is 1. The Kier molecular flexibility index (Phi) is 3.61. The number of rotatable bonds is 4. The minimum absolute atomic E-state index is 0.293. The van der Waals surface area contributed by atoms with Gasteiger partial charge < -0.3 is 0 Å². The maximum Gasteiger partial charge on any atom is 0.291 e. The Morgan fingerprint density at radius 1 is 1.17 bits per heavy atom. The van der Waals surface area contributed by atoms with Crippen LogP contribution in [-0.2, 0) is 0 Å². The highest BCUT2D eigenvalue weighted by atomic mass is 16.2. The maximum absolute atomic E-state index is 12.1. The highest BCUT2D eigenvalue weighted by Gasteiger charge is 2.26. The van der Waals surface area contributed by atoms with Gasteiger partial charge in [-0.1, -0.05) is 36.4 Å². The molecule has 1 fully saturated rings. The Balaban J connectivity index is 1.49. The van der Waals surface area contributed by atoms with Gasteiger partial charge in [0, 0.05) is 11.6 Å². The van der Waals surface area contributed by atoms with Crippen molar-refractivity contribution in [3.8, 4) is 0 Å². The van der Waals surface area contributed by atoms with Crippen LogP contribution in [0.5, 0.6) is 0 Å². The summed E-state index contributed by atoms with van der Waals surface area (Å²) in [5.74, 6) is 0.250. The molecule has 5 nitrogen and oxygen atoms in total. The molecule has 0 radical (unpaired) electrons. The van der Waals surface area contributed by atoms with Crippen molar-refractivity contribution >= 4 is 22.4 Å². The molecule has 1 aliphatic rings. The first-order valence-corrected chi connectivity index (χ1v) is 8.10. The maximum atomic E-state index is 12.1. The molecular weight excluding hydrogens is 300 g/mol. The molecule has 5 heteroatoms. The largest absolute Gasteiger partial charge is 0.291 e. The first-order valence-electron chi connectivity index (χ1n) is 8.10. The molecule has 0 bridgehead atoms. The standard InChI is InChI=1S/C19H18N4O/c1-12(15-9-6-13-4-2-3-5-16(13)10-15)20-23-19(24)18-11-17(21-22-18)14-7-8-14/h2-6,9-11,14H,7-8H2,1H3,(H,21,22)(H,23,24). The fraction of sp³-hybridized carbons (Fsp3) is 0.211. The summed E-state index contributed by atoms with van der Waals surface area (Å²) in [6, 6.07) is 16.1. The van der Waals surface area contributed by atoms with E-state index >= 15 is 0 Å². The number of carbonyl (C=O) groups is 1. The topological polar surface area (TPSA) is 70.1 Å². The number of aromatic nitrogens is 2. The van der Waals surface area contributed by atoms with E-state index < -0.39 is 0 Å². The Labute approximate surface area is 139 Å². The zero-order valence-electron chi connectivity index (χ0n) is 13.4. The van der Waals surface area contributed by atoms with Crippen LogP contribution in [0.4, 0.5) is 0 Å². The minimum atomic E-state index is -0.293. The second kappa shape index (κ2) is 5.92. The first kappa shape index (κ1) is 14.6. The van der Waals surface area contributed by atoms with Gasteiger partial charge in [0.1, 0.15) is 0 Å². The minimum Gasteiger partial charge on any atom is -0.281 e. The Morgan fingerprint density at radius 3 is 2.75 bits per heavy atom. The van der Waals surface area contributed by atoms with Gasteiger partial charge in [-0.05, 0) is 48.2 Å². The van der Waals surface area contributed by atoms with E-state index in [1.54, 1.807) is 0 Å². The number of fused-ring (bicyclic) bond motifs is 1. The van der Waals surface area contributed by atoms with E-state index in [2.05, 4.69) is 45.0 Å². The molecule has 0 unspecified atom stereocenters. The van der Waals surface area contributed by atoms with E-state index in [1.165, 1.54) is 18.2 Å². The Hall–Kier alpha value is -2.95. The van der Waals surface area contributed by atoms with Crippen molar-refractivity contribution in [3.63, 3.8) is 0 Å². The van der Waals surface area contributed by atoms with Gasteiger partial charge in [0.05, 0.1) is 5.71 Å². The van der Waals surface area contributed by atoms with Crippen LogP contribution in [0.25, 0.3) is 10.8 Å². The lowest BCUT2D eigenvalue weighted by molar-refractivity contribution is 0.0950. The summed E-state index contributed by atoms with van der Waals surface area (Å²) in [6.45, 7) is 1.88. The number of hydrogen-bond acceptors (Lipinski definition) is 3. The Morgan fingerprint density at radius 2 is 1.96 bits per heavy atom. The summed E-state index contributed by atoms with van der Waals surface area (Å²) in [5, 5.41) is 13.5. The number of hydrazone groups is 1. The van der Waals surface area contributed by atoms with Crippen LogP contribution in [0, 0.1) is 0 Å². The Bertz CT molecular complexity index is 937. The predicted molar refractivity (Wildman–Crippen MR) is 94.2 cm³/mol. The lowest BCUT2D eigenvalue weighted by Crippen LogP contribution is -2.19. The van der Waals surface area contributed by atoms with Gasteiger partial charge in [-0.2, -0.15) is 10.2 Å². The van der Waals surface area contributed by atoms with Crippen molar-refractivity contribution in [2.45, 2.75) is 25.7 Å². The number of nitrogens with one attached hydrogen (secondary N) is 2. The molecule has 0 atom stereocenters. The van der Waals surface area contributed by atoms with Crippen LogP contribution in [-0.4, -0.2) is 21.8 Å². The molecule has 1 heterocycles. The van der Waals surface area contributed by atoms with Crippen LogP contribution in [0.2, 0.25) is 0 Å². The molecule has 120 valence electrons. The second-order valence-corrected chi connectivity index (χ2v) is 6.18. The number of hydrogen-bond donors (Lipinski definition) is 2. The summed E-state index contributed by atoms with van der Waals surface area (Å²) in [7, 11) is 0. The van der Waals surface area contributed by atoms with E-state index in [9.17, 15) is 4.79 Å². The smallest absolute Gasteiger partial charge is 0.281 e. The third-order valence-corrected chi connectivity index (χ3v) is 4.34. The summed E-state index contributed by atoms with van der Waals surface area (Å²) in [4.78, 5) is 12.1. The molecule has 1 aromatic heterocycles. The summed E-state index contributed by atoms with van der Waals surface area (Å²) in [5.41, 5.74) is 5.74. The monoisotopic (exact) mass is 318 g/mol. The van der Waals surface area contributed by atoms with Crippen LogP contribution < -0.4 is 5.43 Å². The van der Waals surface area contributed by atoms with Gasteiger partial charge in [-0.15, -0.1) is 0 Å². The van der Waals surface area contributed by atoms with Crippen molar-refractivity contribution in [1.82, 2.24) is 15.6 Å². The van der Waals surface area contributed by atoms with E-state index in [1.807, 2.05) is 31.2 Å². The van der Waals surface area contributed by atoms with Crippen molar-refractivity contribution in [3.05, 3.63) is 65.5 Å². The first-order chi connectivity index (χ1) is 11.7. The number of H-pyrrole nitrogens is 1. The van der Waals surface area contributed by atoms with E-state index in [-0.39, 0.29) is 5.91 Å². The molecule has 2 N–H and O–H groups in total. The van der Waals surface area contributed by atoms with Crippen LogP contribution in [0.1, 0.15) is 47.4 Å². The lowest BCUT2D eigenvalue weighted by Gasteiger charge is -2.04. The normalized spacial score (nSPS) is 14.8. The fourth-order valence-corrected chi connectivity index (χ4v) is 2.73. The van der Waals surface area contributed by atoms with Crippen LogP contribution in [0.3, 0.4) is 0 Å². The zero-order valence-corrected chi connectivity index (χ0v) is 13.4. The highest BCUT2D eigenvalue weighted by molar-refractivity contribution is 6.03. The number of nitrogens with zero attached hydrogens (tertiary/aromatic N) is 2. The molecule has 4 rings (SSSR count). The van der Waals surface area contributed by atoms with Crippen molar-refractivity contribution < 1.29 is 4.79 Å². The summed E-state index contributed by atoms with van der Waals surface area (Å²) < 4.78 is 0. The van der Waals surface area contributed by atoms with Crippen LogP contribution in [0.15, 0.2) is 53.6 Å². The quantitative estimate of drug-likeness (QED) is 0.570. The van der Waals surface area contributed by atoms with Gasteiger partial charge in [-0.3, -0.25) is 9.89 Å². The third-order valence-electron chi connectivity index (χ3n) is 4.34. The number of benzene rings is 2. The molecule has 24 heavy (non-hydrogen) atoms. The van der Waals surface area contributed by atoms with Crippen molar-refractivity contribution in [1.29, 1.82) is 0 Å². The average molecular weight is 318 g/mol. The average Bonchev–Trinajstić information content (AvgIpc) is 3.35. The van der Waals surface area contributed by atoms with E-state index in [0.717, 1.165) is 22.4 Å². The van der Waals surface area contributed by atoms with E-state index in [4.69, 9.17) is 0 Å². The van der Waals surface area contributed by atoms with Gasteiger partial charge >= 0.3 is 0 Å². The molecule has 3 aromatic rings. The van der Waals surface area contributed by atoms with Crippen molar-refractivity contribution in [2.24, 2.45) is 5.10 Å². The fourth-order valence-electron chi connectivity index (χ4n) is 2.73. The molecule has 0 spiro atoms. The van der Waals surface area contributed by atoms with Crippen LogP contribution >= 0.6 is 0 Å². The zero-order chi connectivity index (χ0) is 16.5. The van der Waals surface area contributed by atoms with Gasteiger partial charge in [-0.25, -0.2) is 5.43 Å². The molecular formula is C19H18N4O. The predicted octanol–water partition coefficient (Wildman–Crippen LogP) is 3.59. The molecule has 1 amide bonds.